The van der Waals surface area contributed by atoms with Crippen LogP contribution in [0.4, 0.5) is 4.39 Å². The van der Waals surface area contributed by atoms with E-state index in [-0.39, 0.29) is 24.0 Å². The number of ketones is 1. The average Bonchev–Trinajstić information content (AvgIpc) is 2.79. The lowest BCUT2D eigenvalue weighted by molar-refractivity contribution is -0.136. The zero-order valence-corrected chi connectivity index (χ0v) is 18.2. The number of hydrogen-bond acceptors (Lipinski definition) is 5. The minimum absolute atomic E-state index is 0.138. The summed E-state index contributed by atoms with van der Waals surface area (Å²) in [5.74, 6) is -1.02. The Labute approximate surface area is 183 Å². The maximum Gasteiger partial charge on any atom is 0.238 e. The highest BCUT2D eigenvalue weighted by molar-refractivity contribution is 6.01. The van der Waals surface area contributed by atoms with E-state index >= 15 is 4.39 Å². The third-order valence-electron chi connectivity index (χ3n) is 6.62. The van der Waals surface area contributed by atoms with Gasteiger partial charge in [0.2, 0.25) is 11.8 Å². The lowest BCUT2D eigenvalue weighted by Crippen LogP contribution is -2.64. The van der Waals surface area contributed by atoms with Gasteiger partial charge in [0, 0.05) is 32.0 Å². The van der Waals surface area contributed by atoms with Crippen LogP contribution in [-0.4, -0.2) is 71.5 Å². The summed E-state index contributed by atoms with van der Waals surface area (Å²) in [6, 6.07) is 7.64. The van der Waals surface area contributed by atoms with E-state index in [4.69, 9.17) is 5.73 Å². The predicted octanol–water partition coefficient (Wildman–Crippen LogP) is 1.87. The van der Waals surface area contributed by atoms with Crippen molar-refractivity contribution in [2.45, 2.75) is 63.3 Å². The summed E-state index contributed by atoms with van der Waals surface area (Å²) in [6.45, 7) is 3.77. The van der Waals surface area contributed by atoms with Crippen molar-refractivity contribution >= 4 is 17.6 Å². The number of carbonyl (C=O) groups excluding carboxylic acids is 3. The molecular weight excluding hydrogens is 399 g/mol. The van der Waals surface area contributed by atoms with Crippen LogP contribution in [0.1, 0.15) is 55.8 Å². The monoisotopic (exact) mass is 432 g/mol. The molecule has 0 spiro atoms. The van der Waals surface area contributed by atoms with E-state index in [1.54, 1.807) is 35.2 Å². The highest BCUT2D eigenvalue weighted by atomic mass is 19.1. The fraction of sp³-hybridized carbons (Fsp3) is 0.609. The first-order valence-corrected chi connectivity index (χ1v) is 11.1. The van der Waals surface area contributed by atoms with Crippen LogP contribution in [0, 0.1) is 0 Å². The van der Waals surface area contributed by atoms with Gasteiger partial charge in [0.05, 0.1) is 6.04 Å². The molecule has 31 heavy (non-hydrogen) atoms. The second-order valence-corrected chi connectivity index (χ2v) is 8.63. The van der Waals surface area contributed by atoms with Gasteiger partial charge in [-0.15, -0.1) is 0 Å². The lowest BCUT2D eigenvalue weighted by atomic mass is 9.83. The van der Waals surface area contributed by atoms with Crippen molar-refractivity contribution < 1.29 is 18.8 Å². The van der Waals surface area contributed by atoms with Crippen molar-refractivity contribution in [1.82, 2.24) is 15.1 Å². The molecule has 2 fully saturated rings. The number of alkyl halides is 1. The van der Waals surface area contributed by atoms with Crippen molar-refractivity contribution in [3.05, 3.63) is 35.9 Å². The molecule has 0 bridgehead atoms. The molecule has 0 aliphatic carbocycles. The number of benzene rings is 1. The summed E-state index contributed by atoms with van der Waals surface area (Å²) in [5, 5.41) is 2.60. The first kappa shape index (κ1) is 23.3. The predicted molar refractivity (Wildman–Crippen MR) is 116 cm³/mol. The number of hydrogen-bond donors (Lipinski definition) is 2. The number of piperidine rings is 2. The molecule has 2 aliphatic heterocycles. The maximum atomic E-state index is 15.3. The molecule has 0 radical (unpaired) electrons. The van der Waals surface area contributed by atoms with Crippen molar-refractivity contribution in [2.24, 2.45) is 5.73 Å². The van der Waals surface area contributed by atoms with Crippen LogP contribution in [0.3, 0.4) is 0 Å². The Bertz CT molecular complexity index is 774. The van der Waals surface area contributed by atoms with Crippen LogP contribution < -0.4 is 11.1 Å². The van der Waals surface area contributed by atoms with Gasteiger partial charge in [-0.3, -0.25) is 24.2 Å². The smallest absolute Gasteiger partial charge is 0.238 e. The van der Waals surface area contributed by atoms with E-state index in [1.807, 2.05) is 0 Å². The molecule has 2 heterocycles. The number of nitrogens with one attached hydrogen (secondary N) is 1. The van der Waals surface area contributed by atoms with E-state index in [1.165, 1.54) is 6.92 Å². The van der Waals surface area contributed by atoms with Gasteiger partial charge in [0.25, 0.3) is 0 Å². The second kappa shape index (κ2) is 10.3. The summed E-state index contributed by atoms with van der Waals surface area (Å²) >= 11 is 0. The van der Waals surface area contributed by atoms with Crippen LogP contribution in [0.15, 0.2) is 30.3 Å². The normalized spacial score (nSPS) is 21.7. The molecule has 0 aromatic heterocycles. The van der Waals surface area contributed by atoms with Crippen molar-refractivity contribution in [3.63, 3.8) is 0 Å². The SMILES string of the molecule is CC(=O)NC(CC(F)N1CCC(C(N)=O)(N2CCCCC2)CC1)C(=O)c1ccccc1. The van der Waals surface area contributed by atoms with E-state index in [0.29, 0.717) is 31.5 Å². The van der Waals surface area contributed by atoms with Gasteiger partial charge in [-0.1, -0.05) is 36.8 Å². The Morgan fingerprint density at radius 3 is 2.23 bits per heavy atom. The first-order valence-electron chi connectivity index (χ1n) is 11.1. The third kappa shape index (κ3) is 5.49. The molecule has 1 aromatic carbocycles. The Hall–Kier alpha value is -2.32. The highest BCUT2D eigenvalue weighted by Gasteiger charge is 2.46. The van der Waals surface area contributed by atoms with Gasteiger partial charge in [-0.25, -0.2) is 4.39 Å². The number of nitrogens with two attached hydrogens (primary N) is 1. The molecule has 0 saturated carbocycles. The average molecular weight is 433 g/mol. The first-order chi connectivity index (χ1) is 14.8. The van der Waals surface area contributed by atoms with Crippen molar-refractivity contribution in [3.8, 4) is 0 Å². The van der Waals surface area contributed by atoms with Gasteiger partial charge in [0.15, 0.2) is 12.1 Å². The third-order valence-corrected chi connectivity index (χ3v) is 6.62. The lowest BCUT2D eigenvalue weighted by Gasteiger charge is -2.48. The molecular formula is C23H33FN4O3. The second-order valence-electron chi connectivity index (χ2n) is 8.63. The Morgan fingerprint density at radius 1 is 1.06 bits per heavy atom. The van der Waals surface area contributed by atoms with Gasteiger partial charge < -0.3 is 11.1 Å². The molecule has 2 aliphatic rings. The number of primary amides is 1. The Kier molecular flexibility index (Phi) is 7.78. The zero-order valence-electron chi connectivity index (χ0n) is 18.2. The van der Waals surface area contributed by atoms with Crippen LogP contribution in [-0.2, 0) is 9.59 Å². The Morgan fingerprint density at radius 2 is 1.68 bits per heavy atom. The fourth-order valence-electron chi connectivity index (χ4n) is 4.84. The van der Waals surface area contributed by atoms with E-state index < -0.39 is 17.9 Å². The molecule has 1 aromatic rings. The summed E-state index contributed by atoms with van der Waals surface area (Å²) < 4.78 is 15.3. The maximum absolute atomic E-state index is 15.3. The minimum atomic E-state index is -1.41. The molecule has 2 saturated heterocycles. The van der Waals surface area contributed by atoms with E-state index in [9.17, 15) is 14.4 Å². The zero-order chi connectivity index (χ0) is 22.4. The number of halogens is 1. The summed E-state index contributed by atoms with van der Waals surface area (Å²) in [4.78, 5) is 40.7. The van der Waals surface area contributed by atoms with Gasteiger partial charge in [0.1, 0.15) is 5.54 Å². The van der Waals surface area contributed by atoms with E-state index in [2.05, 4.69) is 10.2 Å². The molecule has 2 atom stereocenters. The quantitative estimate of drug-likeness (QED) is 0.483. The summed E-state index contributed by atoms with van der Waals surface area (Å²) in [7, 11) is 0. The molecule has 2 amide bonds. The molecule has 2 unspecified atom stereocenters. The number of nitrogens with zero attached hydrogens (tertiary/aromatic N) is 2. The largest absolute Gasteiger partial charge is 0.368 e. The van der Waals surface area contributed by atoms with Crippen LogP contribution in [0.25, 0.3) is 0 Å². The van der Waals surface area contributed by atoms with Gasteiger partial charge >= 0.3 is 0 Å². The number of carbonyl (C=O) groups is 3. The van der Waals surface area contributed by atoms with Crippen molar-refractivity contribution in [1.29, 1.82) is 0 Å². The fourth-order valence-corrected chi connectivity index (χ4v) is 4.84. The number of rotatable bonds is 8. The minimum Gasteiger partial charge on any atom is -0.368 e. The standard InChI is InChI=1S/C23H33FN4O3/c1-17(29)26-19(21(30)18-8-4-2-5-9-18)16-20(24)27-14-10-23(11-15-27,22(25)31)28-12-6-3-7-13-28/h2,4-5,8-9,19-20H,3,6-7,10-16H2,1H3,(H2,25,31)(H,26,29). The number of amides is 2. The number of likely N-dealkylation sites (tertiary alicyclic amines) is 2. The summed E-state index contributed by atoms with van der Waals surface area (Å²) in [5.41, 5.74) is 5.53. The summed E-state index contributed by atoms with van der Waals surface area (Å²) in [6.07, 6.45) is 2.65. The molecule has 8 heteroatoms. The Balaban J connectivity index is 1.65. The van der Waals surface area contributed by atoms with Crippen molar-refractivity contribution in [2.75, 3.05) is 26.2 Å². The highest BCUT2D eigenvalue weighted by Crippen LogP contribution is 2.33. The molecule has 3 N–H and O–H groups in total. The topological polar surface area (TPSA) is 95.7 Å². The van der Waals surface area contributed by atoms with Crippen LogP contribution in [0.2, 0.25) is 0 Å². The number of Topliss-reactive ketones (excluding diaryl/α,β-unsaturated/α-hetero) is 1. The van der Waals surface area contributed by atoms with Crippen LogP contribution >= 0.6 is 0 Å². The van der Waals surface area contributed by atoms with Gasteiger partial charge in [-0.2, -0.15) is 0 Å². The van der Waals surface area contributed by atoms with Gasteiger partial charge in [-0.05, 0) is 38.8 Å². The molecule has 7 nitrogen and oxygen atoms in total. The van der Waals surface area contributed by atoms with E-state index in [0.717, 1.165) is 32.4 Å². The molecule has 3 rings (SSSR count). The molecule has 170 valence electrons. The van der Waals surface area contributed by atoms with Crippen LogP contribution in [0.5, 0.6) is 0 Å².